The van der Waals surface area contributed by atoms with Gasteiger partial charge >= 0.3 is 0 Å². The van der Waals surface area contributed by atoms with Crippen LogP contribution in [0.15, 0.2) is 48.7 Å². The SMILES string of the molecule is CCCNCc1cc(OCCOc2ccccc2)ccn1. The molecule has 0 aliphatic heterocycles. The van der Waals surface area contributed by atoms with Gasteiger partial charge in [-0.2, -0.15) is 0 Å². The molecule has 0 fully saturated rings. The van der Waals surface area contributed by atoms with Crippen molar-refractivity contribution in [3.63, 3.8) is 0 Å². The van der Waals surface area contributed by atoms with Crippen molar-refractivity contribution in [1.29, 1.82) is 0 Å². The third-order valence-corrected chi connectivity index (χ3v) is 2.88. The Kier molecular flexibility index (Phi) is 6.55. The fraction of sp³-hybridized carbons (Fsp3) is 0.353. The second kappa shape index (κ2) is 8.97. The maximum atomic E-state index is 5.68. The van der Waals surface area contributed by atoms with Crippen molar-refractivity contribution in [1.82, 2.24) is 10.3 Å². The van der Waals surface area contributed by atoms with Gasteiger partial charge in [0, 0.05) is 18.8 Å². The van der Waals surface area contributed by atoms with Crippen molar-refractivity contribution in [2.45, 2.75) is 19.9 Å². The Bertz CT molecular complexity index is 517. The van der Waals surface area contributed by atoms with Crippen LogP contribution in [0.3, 0.4) is 0 Å². The number of aromatic nitrogens is 1. The maximum Gasteiger partial charge on any atom is 0.122 e. The molecule has 0 amide bonds. The summed E-state index contributed by atoms with van der Waals surface area (Å²) >= 11 is 0. The lowest BCUT2D eigenvalue weighted by Gasteiger charge is -2.09. The van der Waals surface area contributed by atoms with E-state index in [0.717, 1.165) is 36.7 Å². The summed E-state index contributed by atoms with van der Waals surface area (Å²) in [7, 11) is 0. The van der Waals surface area contributed by atoms with E-state index < -0.39 is 0 Å². The number of hydrogen-bond acceptors (Lipinski definition) is 4. The molecule has 0 saturated carbocycles. The molecular weight excluding hydrogens is 264 g/mol. The molecule has 4 nitrogen and oxygen atoms in total. The van der Waals surface area contributed by atoms with Crippen LogP contribution in [0.25, 0.3) is 0 Å². The smallest absolute Gasteiger partial charge is 0.122 e. The lowest BCUT2D eigenvalue weighted by molar-refractivity contribution is 0.217. The van der Waals surface area contributed by atoms with E-state index in [2.05, 4.69) is 17.2 Å². The average molecular weight is 286 g/mol. The van der Waals surface area contributed by atoms with Crippen molar-refractivity contribution in [2.24, 2.45) is 0 Å². The highest BCUT2D eigenvalue weighted by molar-refractivity contribution is 5.23. The molecular formula is C17H22N2O2. The topological polar surface area (TPSA) is 43.4 Å². The molecule has 0 unspecified atom stereocenters. The second-order valence-corrected chi connectivity index (χ2v) is 4.67. The molecule has 1 aromatic carbocycles. The molecule has 0 spiro atoms. The summed E-state index contributed by atoms with van der Waals surface area (Å²) < 4.78 is 11.3. The first kappa shape index (κ1) is 15.3. The van der Waals surface area contributed by atoms with Gasteiger partial charge in [0.2, 0.25) is 0 Å². The van der Waals surface area contributed by atoms with Crippen LogP contribution < -0.4 is 14.8 Å². The lowest BCUT2D eigenvalue weighted by atomic mass is 10.3. The minimum atomic E-state index is 0.515. The fourth-order valence-corrected chi connectivity index (χ4v) is 1.87. The molecule has 1 aromatic heterocycles. The fourth-order valence-electron chi connectivity index (χ4n) is 1.87. The first-order valence-corrected chi connectivity index (χ1v) is 7.35. The molecule has 2 rings (SSSR count). The van der Waals surface area contributed by atoms with Crippen LogP contribution in [0, 0.1) is 0 Å². The zero-order valence-electron chi connectivity index (χ0n) is 12.4. The number of ether oxygens (including phenoxy) is 2. The molecule has 1 heterocycles. The number of benzene rings is 1. The Labute approximate surface area is 126 Å². The van der Waals surface area contributed by atoms with Crippen LogP contribution in [0.5, 0.6) is 11.5 Å². The van der Waals surface area contributed by atoms with Gasteiger partial charge in [0.1, 0.15) is 24.7 Å². The standard InChI is InChI=1S/C17H22N2O2/c1-2-9-18-14-15-13-17(8-10-19-15)21-12-11-20-16-6-4-3-5-7-16/h3-8,10,13,18H,2,9,11-12,14H2,1H3. The highest BCUT2D eigenvalue weighted by Crippen LogP contribution is 2.12. The lowest BCUT2D eigenvalue weighted by Crippen LogP contribution is -2.15. The van der Waals surface area contributed by atoms with Crippen LogP contribution in [-0.2, 0) is 6.54 Å². The predicted molar refractivity (Wildman–Crippen MR) is 83.7 cm³/mol. The first-order chi connectivity index (χ1) is 10.4. The van der Waals surface area contributed by atoms with Gasteiger partial charge in [-0.25, -0.2) is 0 Å². The van der Waals surface area contributed by atoms with Crippen LogP contribution in [0.1, 0.15) is 19.0 Å². The predicted octanol–water partition coefficient (Wildman–Crippen LogP) is 3.04. The number of pyridine rings is 1. The summed E-state index contributed by atoms with van der Waals surface area (Å²) in [6.45, 7) is 4.95. The van der Waals surface area contributed by atoms with E-state index in [9.17, 15) is 0 Å². The Balaban J connectivity index is 1.71. The van der Waals surface area contributed by atoms with Crippen LogP contribution >= 0.6 is 0 Å². The van der Waals surface area contributed by atoms with E-state index in [-0.39, 0.29) is 0 Å². The molecule has 21 heavy (non-hydrogen) atoms. The minimum Gasteiger partial charge on any atom is -0.490 e. The summed E-state index contributed by atoms with van der Waals surface area (Å²) in [6, 6.07) is 13.6. The molecule has 0 aliphatic carbocycles. The van der Waals surface area contributed by atoms with Crippen LogP contribution in [0.4, 0.5) is 0 Å². The molecule has 0 bridgehead atoms. The van der Waals surface area contributed by atoms with E-state index in [4.69, 9.17) is 9.47 Å². The van der Waals surface area contributed by atoms with Crippen molar-refractivity contribution in [3.8, 4) is 11.5 Å². The highest BCUT2D eigenvalue weighted by Gasteiger charge is 1.99. The number of nitrogens with one attached hydrogen (secondary N) is 1. The summed E-state index contributed by atoms with van der Waals surface area (Å²) in [6.07, 6.45) is 2.89. The molecule has 4 heteroatoms. The van der Waals surface area contributed by atoms with Gasteiger partial charge in [-0.1, -0.05) is 25.1 Å². The Morgan fingerprint density at radius 1 is 1.00 bits per heavy atom. The zero-order valence-corrected chi connectivity index (χ0v) is 12.4. The molecule has 1 N–H and O–H groups in total. The summed E-state index contributed by atoms with van der Waals surface area (Å²) in [5, 5.41) is 3.32. The van der Waals surface area contributed by atoms with Crippen molar-refractivity contribution in [3.05, 3.63) is 54.4 Å². The summed E-state index contributed by atoms with van der Waals surface area (Å²) in [5.41, 5.74) is 0.991. The summed E-state index contributed by atoms with van der Waals surface area (Å²) in [5.74, 6) is 1.69. The van der Waals surface area contributed by atoms with Crippen molar-refractivity contribution in [2.75, 3.05) is 19.8 Å². The minimum absolute atomic E-state index is 0.515. The molecule has 2 aromatic rings. The molecule has 0 saturated heterocycles. The first-order valence-electron chi connectivity index (χ1n) is 7.35. The number of rotatable bonds is 9. The Morgan fingerprint density at radius 2 is 1.76 bits per heavy atom. The van der Waals surface area contributed by atoms with Gasteiger partial charge in [-0.05, 0) is 31.2 Å². The maximum absolute atomic E-state index is 5.68. The van der Waals surface area contributed by atoms with Gasteiger partial charge in [0.05, 0.1) is 5.69 Å². The van der Waals surface area contributed by atoms with E-state index in [0.29, 0.717) is 13.2 Å². The van der Waals surface area contributed by atoms with Crippen molar-refractivity contribution < 1.29 is 9.47 Å². The number of hydrogen-bond donors (Lipinski definition) is 1. The van der Waals surface area contributed by atoms with Gasteiger partial charge in [0.25, 0.3) is 0 Å². The van der Waals surface area contributed by atoms with Crippen LogP contribution in [-0.4, -0.2) is 24.7 Å². The monoisotopic (exact) mass is 286 g/mol. The number of para-hydroxylation sites is 1. The normalized spacial score (nSPS) is 10.3. The average Bonchev–Trinajstić information content (AvgIpc) is 2.53. The number of nitrogens with zero attached hydrogens (tertiary/aromatic N) is 1. The third-order valence-electron chi connectivity index (χ3n) is 2.88. The Hall–Kier alpha value is -2.07. The van der Waals surface area contributed by atoms with Crippen LogP contribution in [0.2, 0.25) is 0 Å². The largest absolute Gasteiger partial charge is 0.490 e. The van der Waals surface area contributed by atoms with E-state index in [1.54, 1.807) is 6.20 Å². The summed E-state index contributed by atoms with van der Waals surface area (Å²) in [4.78, 5) is 4.31. The highest BCUT2D eigenvalue weighted by atomic mass is 16.5. The van der Waals surface area contributed by atoms with Gasteiger partial charge in [-0.15, -0.1) is 0 Å². The van der Waals surface area contributed by atoms with Gasteiger partial charge in [-0.3, -0.25) is 4.98 Å². The molecule has 0 aliphatic rings. The second-order valence-electron chi connectivity index (χ2n) is 4.67. The van der Waals surface area contributed by atoms with Gasteiger partial charge in [0.15, 0.2) is 0 Å². The van der Waals surface area contributed by atoms with Gasteiger partial charge < -0.3 is 14.8 Å². The van der Waals surface area contributed by atoms with Crippen molar-refractivity contribution >= 4 is 0 Å². The zero-order chi connectivity index (χ0) is 14.8. The van der Waals surface area contributed by atoms with E-state index >= 15 is 0 Å². The molecule has 112 valence electrons. The molecule has 0 atom stereocenters. The van der Waals surface area contributed by atoms with E-state index in [1.165, 1.54) is 0 Å². The third kappa shape index (κ3) is 5.83. The Morgan fingerprint density at radius 3 is 2.52 bits per heavy atom. The van der Waals surface area contributed by atoms with E-state index in [1.807, 2.05) is 42.5 Å². The molecule has 0 radical (unpaired) electrons. The quantitative estimate of drug-likeness (QED) is 0.720.